The molecule has 0 saturated heterocycles. The predicted molar refractivity (Wildman–Crippen MR) is 59.0 cm³/mol. The molecular weight excluding hydrogens is 228 g/mol. The molecule has 2 amide bonds. The number of nitrogens with zero attached hydrogens (tertiary/aromatic N) is 1. The van der Waals surface area contributed by atoms with Gasteiger partial charge in [-0.1, -0.05) is 0 Å². The standard InChI is InChI=1S/C9H10N4O4/c10-6-3-5(1-2-7(6)13(16)17)9(15)12-4-8(11)14/h1-3H,4,10H2,(H2,11,14)(H,12,15). The number of rotatable bonds is 4. The van der Waals surface area contributed by atoms with Crippen LogP contribution in [0.25, 0.3) is 0 Å². The Morgan fingerprint density at radius 1 is 1.41 bits per heavy atom. The zero-order valence-corrected chi connectivity index (χ0v) is 8.67. The van der Waals surface area contributed by atoms with E-state index >= 15 is 0 Å². The second kappa shape index (κ2) is 4.92. The van der Waals surface area contributed by atoms with Crippen molar-refractivity contribution in [3.8, 4) is 0 Å². The zero-order chi connectivity index (χ0) is 13.0. The van der Waals surface area contributed by atoms with Gasteiger partial charge in [0, 0.05) is 11.6 Å². The Labute approximate surface area is 95.7 Å². The summed E-state index contributed by atoms with van der Waals surface area (Å²) in [4.78, 5) is 31.7. The van der Waals surface area contributed by atoms with Gasteiger partial charge in [-0.05, 0) is 12.1 Å². The molecule has 0 bridgehead atoms. The normalized spacial score (nSPS) is 9.65. The summed E-state index contributed by atoms with van der Waals surface area (Å²) in [6, 6.07) is 3.52. The first-order valence-corrected chi connectivity index (χ1v) is 4.52. The largest absolute Gasteiger partial charge is 0.393 e. The highest BCUT2D eigenvalue weighted by Crippen LogP contribution is 2.21. The van der Waals surface area contributed by atoms with Crippen molar-refractivity contribution in [2.24, 2.45) is 5.73 Å². The molecule has 0 fully saturated rings. The van der Waals surface area contributed by atoms with Gasteiger partial charge < -0.3 is 16.8 Å². The monoisotopic (exact) mass is 238 g/mol. The fraction of sp³-hybridized carbons (Fsp3) is 0.111. The highest BCUT2D eigenvalue weighted by Gasteiger charge is 2.14. The number of hydrogen-bond acceptors (Lipinski definition) is 5. The van der Waals surface area contributed by atoms with Crippen LogP contribution >= 0.6 is 0 Å². The average molecular weight is 238 g/mol. The van der Waals surface area contributed by atoms with E-state index in [9.17, 15) is 19.7 Å². The van der Waals surface area contributed by atoms with Crippen molar-refractivity contribution in [3.63, 3.8) is 0 Å². The van der Waals surface area contributed by atoms with Crippen LogP contribution in [0.5, 0.6) is 0 Å². The summed E-state index contributed by atoms with van der Waals surface area (Å²) in [5.74, 6) is -1.27. The van der Waals surface area contributed by atoms with E-state index in [2.05, 4.69) is 5.32 Å². The van der Waals surface area contributed by atoms with Crippen LogP contribution in [-0.2, 0) is 4.79 Å². The van der Waals surface area contributed by atoms with E-state index in [1.807, 2.05) is 0 Å². The van der Waals surface area contributed by atoms with Crippen LogP contribution in [0, 0.1) is 10.1 Å². The Morgan fingerprint density at radius 3 is 2.53 bits per heavy atom. The van der Waals surface area contributed by atoms with Crippen LogP contribution in [0.3, 0.4) is 0 Å². The molecule has 0 heterocycles. The van der Waals surface area contributed by atoms with E-state index in [4.69, 9.17) is 11.5 Å². The first-order chi connectivity index (χ1) is 7.91. The molecule has 0 saturated carbocycles. The molecule has 5 N–H and O–H groups in total. The summed E-state index contributed by atoms with van der Waals surface area (Å²) in [6.07, 6.45) is 0. The summed E-state index contributed by atoms with van der Waals surface area (Å²) < 4.78 is 0. The zero-order valence-electron chi connectivity index (χ0n) is 8.67. The quantitative estimate of drug-likeness (QED) is 0.364. The number of carbonyl (C=O) groups is 2. The van der Waals surface area contributed by atoms with Gasteiger partial charge in [-0.25, -0.2) is 0 Å². The molecule has 0 aliphatic rings. The molecule has 1 aromatic rings. The summed E-state index contributed by atoms with van der Waals surface area (Å²) in [6.45, 7) is -0.310. The Morgan fingerprint density at radius 2 is 2.06 bits per heavy atom. The summed E-state index contributed by atoms with van der Waals surface area (Å²) >= 11 is 0. The number of benzene rings is 1. The van der Waals surface area contributed by atoms with Gasteiger partial charge in [0.25, 0.3) is 11.6 Å². The number of primary amides is 1. The molecule has 0 aliphatic carbocycles. The smallest absolute Gasteiger partial charge is 0.292 e. The van der Waals surface area contributed by atoms with Crippen LogP contribution in [0.15, 0.2) is 18.2 Å². The molecule has 0 aromatic heterocycles. The van der Waals surface area contributed by atoms with Crippen molar-refractivity contribution in [1.29, 1.82) is 0 Å². The minimum absolute atomic E-state index is 0.120. The van der Waals surface area contributed by atoms with Gasteiger partial charge >= 0.3 is 0 Å². The molecule has 0 aliphatic heterocycles. The minimum Gasteiger partial charge on any atom is -0.393 e. The number of carbonyl (C=O) groups excluding carboxylic acids is 2. The van der Waals surface area contributed by atoms with Crippen molar-refractivity contribution in [2.75, 3.05) is 12.3 Å². The molecular formula is C9H10N4O4. The number of nitrogens with two attached hydrogens (primary N) is 2. The number of nitrogens with one attached hydrogen (secondary N) is 1. The molecule has 1 aromatic carbocycles. The molecule has 0 radical (unpaired) electrons. The molecule has 0 unspecified atom stereocenters. The van der Waals surface area contributed by atoms with E-state index in [1.165, 1.54) is 6.07 Å². The first-order valence-electron chi connectivity index (χ1n) is 4.52. The molecule has 17 heavy (non-hydrogen) atoms. The number of amides is 2. The second-order valence-electron chi connectivity index (χ2n) is 3.18. The lowest BCUT2D eigenvalue weighted by molar-refractivity contribution is -0.383. The van der Waals surface area contributed by atoms with E-state index in [1.54, 1.807) is 0 Å². The Bertz CT molecular complexity index is 486. The van der Waals surface area contributed by atoms with Crippen molar-refractivity contribution < 1.29 is 14.5 Å². The van der Waals surface area contributed by atoms with Gasteiger partial charge in [0.05, 0.1) is 11.5 Å². The minimum atomic E-state index is -0.687. The van der Waals surface area contributed by atoms with Crippen LogP contribution in [0.4, 0.5) is 11.4 Å². The summed E-state index contributed by atoms with van der Waals surface area (Å²) in [5, 5.41) is 12.7. The van der Waals surface area contributed by atoms with Gasteiger partial charge in [-0.2, -0.15) is 0 Å². The van der Waals surface area contributed by atoms with Crippen LogP contribution in [0.1, 0.15) is 10.4 Å². The third-order valence-corrected chi connectivity index (χ3v) is 1.91. The Hall–Kier alpha value is -2.64. The predicted octanol–water partition coefficient (Wildman–Crippen LogP) is -0.608. The van der Waals surface area contributed by atoms with E-state index < -0.39 is 16.7 Å². The van der Waals surface area contributed by atoms with Crippen LogP contribution in [-0.4, -0.2) is 23.3 Å². The number of hydrogen-bond donors (Lipinski definition) is 3. The third kappa shape index (κ3) is 3.16. The third-order valence-electron chi connectivity index (χ3n) is 1.91. The number of nitro benzene ring substituents is 1. The SMILES string of the molecule is NC(=O)CNC(=O)c1ccc([N+](=O)[O-])c(N)c1. The maximum absolute atomic E-state index is 11.4. The topological polar surface area (TPSA) is 141 Å². The van der Waals surface area contributed by atoms with Crippen molar-refractivity contribution >= 4 is 23.2 Å². The summed E-state index contributed by atoms with van der Waals surface area (Å²) in [7, 11) is 0. The van der Waals surface area contributed by atoms with E-state index in [0.29, 0.717) is 0 Å². The van der Waals surface area contributed by atoms with Gasteiger partial charge in [-0.3, -0.25) is 19.7 Å². The van der Waals surface area contributed by atoms with Crippen LogP contribution < -0.4 is 16.8 Å². The maximum Gasteiger partial charge on any atom is 0.292 e. The van der Waals surface area contributed by atoms with Crippen LogP contribution in [0.2, 0.25) is 0 Å². The van der Waals surface area contributed by atoms with Crippen molar-refractivity contribution in [1.82, 2.24) is 5.32 Å². The fourth-order valence-electron chi connectivity index (χ4n) is 1.13. The fourth-order valence-corrected chi connectivity index (χ4v) is 1.13. The van der Waals surface area contributed by atoms with Gasteiger partial charge in [0.15, 0.2) is 0 Å². The highest BCUT2D eigenvalue weighted by molar-refractivity contribution is 5.97. The van der Waals surface area contributed by atoms with E-state index in [0.717, 1.165) is 12.1 Å². The second-order valence-corrected chi connectivity index (χ2v) is 3.18. The van der Waals surface area contributed by atoms with Gasteiger partial charge in [0.2, 0.25) is 5.91 Å². The van der Waals surface area contributed by atoms with E-state index in [-0.39, 0.29) is 23.5 Å². The molecule has 1 rings (SSSR count). The van der Waals surface area contributed by atoms with Gasteiger partial charge in [0.1, 0.15) is 5.69 Å². The Balaban J connectivity index is 2.86. The molecule has 8 nitrogen and oxygen atoms in total. The molecule has 0 atom stereocenters. The number of nitro groups is 1. The average Bonchev–Trinajstić information content (AvgIpc) is 2.25. The highest BCUT2D eigenvalue weighted by atomic mass is 16.6. The first kappa shape index (κ1) is 12.4. The van der Waals surface area contributed by atoms with Crippen molar-refractivity contribution in [3.05, 3.63) is 33.9 Å². The number of anilines is 1. The summed E-state index contributed by atoms with van der Waals surface area (Å²) in [5.41, 5.74) is 9.96. The lowest BCUT2D eigenvalue weighted by Crippen LogP contribution is -2.33. The Kier molecular flexibility index (Phi) is 3.60. The maximum atomic E-state index is 11.4. The van der Waals surface area contributed by atoms with Crippen molar-refractivity contribution in [2.45, 2.75) is 0 Å². The lowest BCUT2D eigenvalue weighted by Gasteiger charge is -2.03. The molecule has 0 spiro atoms. The molecule has 8 heteroatoms. The lowest BCUT2D eigenvalue weighted by atomic mass is 10.1. The molecule has 90 valence electrons. The van der Waals surface area contributed by atoms with Gasteiger partial charge in [-0.15, -0.1) is 0 Å². The number of nitrogen functional groups attached to an aromatic ring is 1.